The van der Waals surface area contributed by atoms with Gasteiger partial charge in [-0.15, -0.1) is 11.3 Å². The molecule has 3 amide bonds. The first-order valence-electron chi connectivity index (χ1n) is 6.40. The zero-order chi connectivity index (χ0) is 17.0. The molecule has 122 valence electrons. The first-order valence-corrected chi connectivity index (χ1v) is 8.36. The van der Waals surface area contributed by atoms with Gasteiger partial charge in [-0.05, 0) is 46.2 Å². The van der Waals surface area contributed by atoms with Crippen LogP contribution in [0.1, 0.15) is 17.3 Å². The number of nitrogens with one attached hydrogen (secondary N) is 2. The van der Waals surface area contributed by atoms with E-state index in [1.165, 1.54) is 33.9 Å². The largest absolute Gasteiger partial charge is 0.352 e. The topological polar surface area (TPSA) is 84.2 Å². The predicted molar refractivity (Wildman–Crippen MR) is 92.1 cm³/mol. The lowest BCUT2D eigenvalue weighted by atomic mass is 10.1. The van der Waals surface area contributed by atoms with E-state index in [0.717, 1.165) is 17.0 Å². The SMILES string of the molecule is NC(=O)NC(CC(=O)Nc1cc(F)c(I)c(F)c1)c1cccs1. The molecule has 23 heavy (non-hydrogen) atoms. The summed E-state index contributed by atoms with van der Waals surface area (Å²) in [5.74, 6) is -2.02. The maximum Gasteiger partial charge on any atom is 0.312 e. The number of hydrogen-bond donors (Lipinski definition) is 3. The van der Waals surface area contributed by atoms with Crippen LogP contribution < -0.4 is 16.4 Å². The van der Waals surface area contributed by atoms with E-state index in [4.69, 9.17) is 5.73 Å². The summed E-state index contributed by atoms with van der Waals surface area (Å²) in [5, 5.41) is 6.68. The molecular weight excluding hydrogens is 439 g/mol. The van der Waals surface area contributed by atoms with Crippen LogP contribution in [-0.2, 0) is 4.79 Å². The Bertz CT molecular complexity index is 702. The van der Waals surface area contributed by atoms with Crippen LogP contribution in [0.5, 0.6) is 0 Å². The third-order valence-corrected chi connectivity index (χ3v) is 4.88. The lowest BCUT2D eigenvalue weighted by Crippen LogP contribution is -2.34. The summed E-state index contributed by atoms with van der Waals surface area (Å²) in [4.78, 5) is 23.9. The van der Waals surface area contributed by atoms with Crippen molar-refractivity contribution in [3.8, 4) is 0 Å². The number of carbonyl (C=O) groups is 2. The number of rotatable bonds is 5. The second-order valence-electron chi connectivity index (χ2n) is 4.58. The summed E-state index contributed by atoms with van der Waals surface area (Å²) in [7, 11) is 0. The molecule has 2 rings (SSSR count). The first kappa shape index (κ1) is 17.6. The number of thiophene rings is 1. The van der Waals surface area contributed by atoms with Crippen molar-refractivity contribution in [2.75, 3.05) is 5.32 Å². The zero-order valence-corrected chi connectivity index (χ0v) is 14.6. The number of benzene rings is 1. The Balaban J connectivity index is 2.09. The highest BCUT2D eigenvalue weighted by Gasteiger charge is 2.19. The Hall–Kier alpha value is -1.75. The predicted octanol–water partition coefficient (Wildman–Crippen LogP) is 3.37. The normalized spacial score (nSPS) is 11.8. The average Bonchev–Trinajstić information content (AvgIpc) is 2.97. The van der Waals surface area contributed by atoms with E-state index >= 15 is 0 Å². The smallest absolute Gasteiger partial charge is 0.312 e. The van der Waals surface area contributed by atoms with Crippen molar-refractivity contribution in [1.82, 2.24) is 5.32 Å². The van der Waals surface area contributed by atoms with E-state index in [9.17, 15) is 18.4 Å². The summed E-state index contributed by atoms with van der Waals surface area (Å²) >= 11 is 2.89. The number of amides is 3. The molecular formula is C14H12F2IN3O2S. The first-order chi connectivity index (χ1) is 10.9. The number of urea groups is 1. The van der Waals surface area contributed by atoms with E-state index in [-0.39, 0.29) is 15.7 Å². The molecule has 0 fully saturated rings. The van der Waals surface area contributed by atoms with Gasteiger partial charge in [-0.3, -0.25) is 4.79 Å². The highest BCUT2D eigenvalue weighted by molar-refractivity contribution is 14.1. The van der Waals surface area contributed by atoms with Crippen LogP contribution in [0.25, 0.3) is 0 Å². The van der Waals surface area contributed by atoms with Crippen molar-refractivity contribution in [2.45, 2.75) is 12.5 Å². The molecule has 2 aromatic rings. The van der Waals surface area contributed by atoms with Crippen molar-refractivity contribution < 1.29 is 18.4 Å². The van der Waals surface area contributed by atoms with Crippen LogP contribution in [0.2, 0.25) is 0 Å². The van der Waals surface area contributed by atoms with Gasteiger partial charge in [0, 0.05) is 10.6 Å². The minimum absolute atomic E-state index is 0.00872. The van der Waals surface area contributed by atoms with Crippen LogP contribution in [0.3, 0.4) is 0 Å². The lowest BCUT2D eigenvalue weighted by Gasteiger charge is -2.16. The standard InChI is InChI=1S/C14H12F2IN3O2S/c15-8-4-7(5-9(16)13(8)17)19-12(21)6-10(20-14(18)22)11-2-1-3-23-11/h1-5,10H,6H2,(H,19,21)(H3,18,20,22). The summed E-state index contributed by atoms with van der Waals surface area (Å²) in [6, 6.07) is 4.23. The number of anilines is 1. The van der Waals surface area contributed by atoms with Gasteiger partial charge in [0.25, 0.3) is 0 Å². The number of halogens is 3. The van der Waals surface area contributed by atoms with Crippen LogP contribution in [0, 0.1) is 15.2 Å². The Morgan fingerprint density at radius 1 is 1.30 bits per heavy atom. The minimum atomic E-state index is -0.762. The third-order valence-electron chi connectivity index (χ3n) is 2.86. The fourth-order valence-corrected chi connectivity index (χ4v) is 3.00. The van der Waals surface area contributed by atoms with Gasteiger partial charge in [-0.25, -0.2) is 13.6 Å². The van der Waals surface area contributed by atoms with Gasteiger partial charge in [0.2, 0.25) is 5.91 Å². The van der Waals surface area contributed by atoms with Crippen molar-refractivity contribution in [1.29, 1.82) is 0 Å². The van der Waals surface area contributed by atoms with Crippen molar-refractivity contribution >= 4 is 51.6 Å². The van der Waals surface area contributed by atoms with Crippen molar-refractivity contribution in [3.63, 3.8) is 0 Å². The second kappa shape index (κ2) is 7.68. The highest BCUT2D eigenvalue weighted by atomic mass is 127. The number of carbonyl (C=O) groups excluding carboxylic acids is 2. The maximum atomic E-state index is 13.5. The molecule has 1 aromatic carbocycles. The van der Waals surface area contributed by atoms with Gasteiger partial charge in [0.1, 0.15) is 11.6 Å². The average molecular weight is 451 g/mol. The molecule has 1 heterocycles. The molecule has 0 saturated carbocycles. The molecule has 4 N–H and O–H groups in total. The van der Waals surface area contributed by atoms with Gasteiger partial charge >= 0.3 is 6.03 Å². The summed E-state index contributed by atoms with van der Waals surface area (Å²) in [5.41, 5.74) is 5.12. The van der Waals surface area contributed by atoms with Crippen molar-refractivity contribution in [3.05, 3.63) is 49.7 Å². The monoisotopic (exact) mass is 451 g/mol. The fourth-order valence-electron chi connectivity index (χ4n) is 1.91. The molecule has 0 spiro atoms. The number of primary amides is 1. The van der Waals surface area contributed by atoms with E-state index < -0.39 is 29.6 Å². The van der Waals surface area contributed by atoms with Crippen LogP contribution in [0.4, 0.5) is 19.3 Å². The molecule has 0 saturated heterocycles. The third kappa shape index (κ3) is 4.86. The Kier molecular flexibility index (Phi) is 5.88. The fraction of sp³-hybridized carbons (Fsp3) is 0.143. The summed E-state index contributed by atoms with van der Waals surface area (Å²) in [6.07, 6.45) is -0.112. The number of hydrogen-bond acceptors (Lipinski definition) is 3. The molecule has 0 aliphatic rings. The maximum absolute atomic E-state index is 13.5. The van der Waals surface area contributed by atoms with Gasteiger partial charge in [-0.2, -0.15) is 0 Å². The van der Waals surface area contributed by atoms with Crippen LogP contribution in [-0.4, -0.2) is 11.9 Å². The zero-order valence-electron chi connectivity index (χ0n) is 11.6. The molecule has 1 aromatic heterocycles. The second-order valence-corrected chi connectivity index (χ2v) is 6.64. The molecule has 5 nitrogen and oxygen atoms in total. The quantitative estimate of drug-likeness (QED) is 0.481. The van der Waals surface area contributed by atoms with Gasteiger partial charge in [0.15, 0.2) is 0 Å². The lowest BCUT2D eigenvalue weighted by molar-refractivity contribution is -0.116. The summed E-state index contributed by atoms with van der Waals surface area (Å²) in [6.45, 7) is 0. The molecule has 0 radical (unpaired) electrons. The van der Waals surface area contributed by atoms with Crippen molar-refractivity contribution in [2.24, 2.45) is 5.73 Å². The number of nitrogens with two attached hydrogens (primary N) is 1. The molecule has 0 aliphatic carbocycles. The van der Waals surface area contributed by atoms with E-state index in [1.54, 1.807) is 17.5 Å². The summed E-state index contributed by atoms with van der Waals surface area (Å²) < 4.78 is 26.8. The van der Waals surface area contributed by atoms with E-state index in [2.05, 4.69) is 10.6 Å². The van der Waals surface area contributed by atoms with Gasteiger partial charge in [-0.1, -0.05) is 6.07 Å². The Labute approximate surface area is 148 Å². The molecule has 0 aliphatic heterocycles. The molecule has 1 atom stereocenters. The van der Waals surface area contributed by atoms with Gasteiger partial charge in [0.05, 0.1) is 16.0 Å². The van der Waals surface area contributed by atoms with E-state index in [1.807, 2.05) is 0 Å². The Morgan fingerprint density at radius 3 is 2.48 bits per heavy atom. The molecule has 9 heteroatoms. The van der Waals surface area contributed by atoms with Crippen LogP contribution >= 0.6 is 33.9 Å². The van der Waals surface area contributed by atoms with Crippen LogP contribution in [0.15, 0.2) is 29.6 Å². The minimum Gasteiger partial charge on any atom is -0.352 e. The van der Waals surface area contributed by atoms with Gasteiger partial charge < -0.3 is 16.4 Å². The van der Waals surface area contributed by atoms with E-state index in [0.29, 0.717) is 0 Å². The highest BCUT2D eigenvalue weighted by Crippen LogP contribution is 2.24. The molecule has 1 unspecified atom stereocenters. The Morgan fingerprint density at radius 2 is 1.96 bits per heavy atom. The molecule has 0 bridgehead atoms.